The van der Waals surface area contributed by atoms with Crippen molar-refractivity contribution in [2.45, 2.75) is 57.4 Å². The summed E-state index contributed by atoms with van der Waals surface area (Å²) < 4.78 is 33.8. The molecule has 0 atom stereocenters. The number of anilines is 2. The van der Waals surface area contributed by atoms with E-state index in [0.29, 0.717) is 5.92 Å². The molecule has 8 heteroatoms. The first kappa shape index (κ1) is 22.5. The van der Waals surface area contributed by atoms with Gasteiger partial charge in [0.15, 0.2) is 11.6 Å². The minimum Gasteiger partial charge on any atom is -0.397 e. The molecule has 0 spiro atoms. The first-order valence-electron chi connectivity index (χ1n) is 10.8. The second kappa shape index (κ2) is 7.71. The largest absolute Gasteiger partial charge is 0.397 e. The Morgan fingerprint density at radius 1 is 0.969 bits per heavy atom. The Labute approximate surface area is 188 Å². The highest BCUT2D eigenvalue weighted by Gasteiger charge is 2.37. The van der Waals surface area contributed by atoms with Crippen LogP contribution >= 0.6 is 0 Å². The third-order valence-electron chi connectivity index (χ3n) is 6.79. The number of fused-ring (bicyclic) bond motifs is 2. The molecule has 4 rings (SSSR count). The number of ketones is 2. The molecule has 1 fully saturated rings. The molecule has 0 amide bonds. The van der Waals surface area contributed by atoms with E-state index in [4.69, 9.17) is 5.73 Å². The number of rotatable bonds is 3. The van der Waals surface area contributed by atoms with Gasteiger partial charge in [-0.3, -0.25) is 14.1 Å². The van der Waals surface area contributed by atoms with Crippen LogP contribution in [0.2, 0.25) is 0 Å². The molecule has 170 valence electrons. The number of carbonyl (C=O) groups is 2. The average Bonchev–Trinajstić information content (AvgIpc) is 2.72. The smallest absolute Gasteiger partial charge is 0.296 e. The number of benzene rings is 2. The molecular formula is C24H28N2O5S. The lowest BCUT2D eigenvalue weighted by molar-refractivity contribution is 0.0980. The molecule has 2 aliphatic rings. The van der Waals surface area contributed by atoms with Gasteiger partial charge in [0.05, 0.1) is 16.8 Å². The maximum Gasteiger partial charge on any atom is 0.296 e. The van der Waals surface area contributed by atoms with Crippen molar-refractivity contribution in [3.63, 3.8) is 0 Å². The zero-order chi connectivity index (χ0) is 23.4. The van der Waals surface area contributed by atoms with E-state index < -0.39 is 32.3 Å². The van der Waals surface area contributed by atoms with Crippen LogP contribution in [0.1, 0.15) is 78.3 Å². The Morgan fingerprint density at radius 2 is 1.50 bits per heavy atom. The van der Waals surface area contributed by atoms with E-state index in [1.54, 1.807) is 18.2 Å². The number of nitrogens with one attached hydrogen (secondary N) is 1. The zero-order valence-electron chi connectivity index (χ0n) is 18.4. The molecule has 2 aliphatic carbocycles. The molecule has 0 saturated heterocycles. The molecule has 32 heavy (non-hydrogen) atoms. The fraction of sp³-hybridized carbons (Fsp3) is 0.417. The van der Waals surface area contributed by atoms with Crippen LogP contribution in [0.15, 0.2) is 35.2 Å². The van der Waals surface area contributed by atoms with Gasteiger partial charge in [-0.25, -0.2) is 0 Å². The van der Waals surface area contributed by atoms with E-state index in [0.717, 1.165) is 25.7 Å². The van der Waals surface area contributed by atoms with Crippen molar-refractivity contribution in [2.75, 3.05) is 11.1 Å². The van der Waals surface area contributed by atoms with Crippen LogP contribution < -0.4 is 11.1 Å². The van der Waals surface area contributed by atoms with Gasteiger partial charge in [-0.15, -0.1) is 0 Å². The number of nitrogen functional groups attached to an aromatic ring is 1. The minimum absolute atomic E-state index is 0.00986. The van der Waals surface area contributed by atoms with Crippen LogP contribution in [-0.4, -0.2) is 30.6 Å². The van der Waals surface area contributed by atoms with Crippen molar-refractivity contribution in [2.24, 2.45) is 11.3 Å². The van der Waals surface area contributed by atoms with E-state index in [1.807, 2.05) is 0 Å². The molecule has 2 aromatic rings. The highest BCUT2D eigenvalue weighted by molar-refractivity contribution is 7.86. The van der Waals surface area contributed by atoms with E-state index >= 15 is 0 Å². The Morgan fingerprint density at radius 3 is 2.00 bits per heavy atom. The van der Waals surface area contributed by atoms with E-state index in [9.17, 15) is 22.6 Å². The lowest BCUT2D eigenvalue weighted by atomic mass is 9.71. The van der Waals surface area contributed by atoms with Gasteiger partial charge < -0.3 is 11.1 Å². The molecule has 0 heterocycles. The molecule has 0 aliphatic heterocycles. The van der Waals surface area contributed by atoms with Gasteiger partial charge in [-0.2, -0.15) is 8.42 Å². The van der Waals surface area contributed by atoms with Crippen LogP contribution in [0.5, 0.6) is 0 Å². The SMILES string of the molecule is CC(C)(C)C1CCC(Nc2cc(S(=O)(=O)O)c(N)c3c2C(=O)c2ccccc2C3=O)CC1. The van der Waals surface area contributed by atoms with Gasteiger partial charge in [-0.1, -0.05) is 45.0 Å². The van der Waals surface area contributed by atoms with Gasteiger partial charge >= 0.3 is 0 Å². The Balaban J connectivity index is 1.80. The quantitative estimate of drug-likeness (QED) is 0.396. The predicted octanol–water partition coefficient (Wildman–Crippen LogP) is 4.31. The van der Waals surface area contributed by atoms with Crippen LogP contribution in [0.25, 0.3) is 0 Å². The van der Waals surface area contributed by atoms with Crippen LogP contribution in [0, 0.1) is 11.3 Å². The standard InChI is InChI=1S/C24H28N2O5S/c1-24(2,3)13-8-10-14(11-9-13)26-17-12-18(32(29,30)31)21(25)20-19(17)22(27)15-6-4-5-7-16(15)23(20)28/h4-7,12-14,26H,8-11,25H2,1-3H3,(H,29,30,31). The number of nitrogens with two attached hydrogens (primary N) is 1. The normalized spacial score (nSPS) is 21.1. The van der Waals surface area contributed by atoms with Crippen LogP contribution in [0.3, 0.4) is 0 Å². The fourth-order valence-electron chi connectivity index (χ4n) is 4.94. The van der Waals surface area contributed by atoms with E-state index in [2.05, 4.69) is 26.1 Å². The molecule has 7 nitrogen and oxygen atoms in total. The van der Waals surface area contributed by atoms with E-state index in [-0.39, 0.29) is 39.4 Å². The molecule has 1 saturated carbocycles. The van der Waals surface area contributed by atoms with Crippen molar-refractivity contribution in [3.8, 4) is 0 Å². The summed E-state index contributed by atoms with van der Waals surface area (Å²) in [6.45, 7) is 6.67. The third-order valence-corrected chi connectivity index (χ3v) is 7.68. The van der Waals surface area contributed by atoms with Gasteiger partial charge in [0.2, 0.25) is 0 Å². The first-order chi connectivity index (χ1) is 14.9. The molecule has 2 aromatic carbocycles. The summed E-state index contributed by atoms with van der Waals surface area (Å²) in [5, 5.41) is 3.30. The van der Waals surface area contributed by atoms with Gasteiger partial charge in [0.1, 0.15) is 4.90 Å². The number of carbonyl (C=O) groups excluding carboxylic acids is 2. The highest BCUT2D eigenvalue weighted by atomic mass is 32.2. The van der Waals surface area contributed by atoms with E-state index in [1.165, 1.54) is 12.1 Å². The molecule has 0 aromatic heterocycles. The lowest BCUT2D eigenvalue weighted by Crippen LogP contribution is -2.33. The second-order valence-electron chi connectivity index (χ2n) is 9.82. The summed E-state index contributed by atoms with van der Waals surface area (Å²) in [7, 11) is -4.71. The maximum absolute atomic E-state index is 13.4. The van der Waals surface area contributed by atoms with Crippen molar-refractivity contribution in [1.29, 1.82) is 0 Å². The topological polar surface area (TPSA) is 127 Å². The molecule has 0 unspecified atom stereocenters. The summed E-state index contributed by atoms with van der Waals surface area (Å²) in [6, 6.07) is 7.58. The summed E-state index contributed by atoms with van der Waals surface area (Å²) in [5.41, 5.74) is 6.36. The predicted molar refractivity (Wildman–Crippen MR) is 123 cm³/mol. The first-order valence-corrected chi connectivity index (χ1v) is 12.2. The van der Waals surface area contributed by atoms with Crippen molar-refractivity contribution >= 4 is 33.1 Å². The van der Waals surface area contributed by atoms with Crippen molar-refractivity contribution < 1.29 is 22.6 Å². The Kier molecular flexibility index (Phi) is 5.41. The minimum atomic E-state index is -4.71. The third kappa shape index (κ3) is 3.82. The Bertz CT molecular complexity index is 1220. The number of hydrogen-bond acceptors (Lipinski definition) is 6. The molecule has 0 radical (unpaired) electrons. The summed E-state index contributed by atoms with van der Waals surface area (Å²) >= 11 is 0. The zero-order valence-corrected chi connectivity index (χ0v) is 19.3. The maximum atomic E-state index is 13.4. The average molecular weight is 457 g/mol. The van der Waals surface area contributed by atoms with Gasteiger partial charge in [0, 0.05) is 22.9 Å². The summed E-state index contributed by atoms with van der Waals surface area (Å²) in [4.78, 5) is 26.0. The lowest BCUT2D eigenvalue weighted by Gasteiger charge is -2.38. The van der Waals surface area contributed by atoms with Crippen molar-refractivity contribution in [1.82, 2.24) is 0 Å². The summed E-state index contributed by atoms with van der Waals surface area (Å²) in [6.07, 6.45) is 3.69. The highest BCUT2D eigenvalue weighted by Crippen LogP contribution is 2.42. The number of hydrogen-bond donors (Lipinski definition) is 3. The monoisotopic (exact) mass is 456 g/mol. The second-order valence-corrected chi connectivity index (χ2v) is 11.2. The summed E-state index contributed by atoms with van der Waals surface area (Å²) in [5.74, 6) is -0.350. The molecular weight excluding hydrogens is 428 g/mol. The van der Waals surface area contributed by atoms with Gasteiger partial charge in [0.25, 0.3) is 10.1 Å². The Hall–Kier alpha value is -2.71. The fourth-order valence-corrected chi connectivity index (χ4v) is 5.59. The van der Waals surface area contributed by atoms with Crippen LogP contribution in [0.4, 0.5) is 11.4 Å². The van der Waals surface area contributed by atoms with Crippen LogP contribution in [-0.2, 0) is 10.1 Å². The van der Waals surface area contributed by atoms with Crippen molar-refractivity contribution in [3.05, 3.63) is 52.6 Å². The molecule has 0 bridgehead atoms. The van der Waals surface area contributed by atoms with Gasteiger partial charge in [-0.05, 0) is 43.1 Å². The molecule has 4 N–H and O–H groups in total.